The summed E-state index contributed by atoms with van der Waals surface area (Å²) in [6, 6.07) is 5.56. The molecule has 1 fully saturated rings. The molecule has 0 amide bonds. The fourth-order valence-corrected chi connectivity index (χ4v) is 2.65. The van der Waals surface area contributed by atoms with Crippen molar-refractivity contribution in [3.05, 3.63) is 35.7 Å². The predicted octanol–water partition coefficient (Wildman–Crippen LogP) is 3.74. The molecule has 0 N–H and O–H groups in total. The van der Waals surface area contributed by atoms with Gasteiger partial charge in [0.05, 0.1) is 38.2 Å². The SMILES string of the molecule is CCCCOc1cccc(-c2ncc(C(=O)OCC)o2)c1C1OCCO1. The first-order chi connectivity index (χ1) is 12.7. The molecule has 0 spiro atoms. The normalized spacial score (nSPS) is 14.5. The third kappa shape index (κ3) is 4.05. The summed E-state index contributed by atoms with van der Waals surface area (Å²) in [4.78, 5) is 16.1. The number of ether oxygens (including phenoxy) is 4. The lowest BCUT2D eigenvalue weighted by molar-refractivity contribution is -0.0454. The van der Waals surface area contributed by atoms with Crippen molar-refractivity contribution in [2.24, 2.45) is 0 Å². The van der Waals surface area contributed by atoms with Crippen LogP contribution in [0, 0.1) is 0 Å². The second-order valence-electron chi connectivity index (χ2n) is 5.74. The van der Waals surface area contributed by atoms with E-state index in [0.29, 0.717) is 37.0 Å². The van der Waals surface area contributed by atoms with Gasteiger partial charge in [0, 0.05) is 5.56 Å². The molecule has 7 nitrogen and oxygen atoms in total. The Balaban J connectivity index is 1.95. The van der Waals surface area contributed by atoms with Crippen molar-refractivity contribution in [1.82, 2.24) is 4.98 Å². The van der Waals surface area contributed by atoms with E-state index in [-0.39, 0.29) is 12.4 Å². The average Bonchev–Trinajstić information content (AvgIpc) is 3.34. The number of hydrogen-bond donors (Lipinski definition) is 0. The van der Waals surface area contributed by atoms with Crippen LogP contribution in [0.1, 0.15) is 49.1 Å². The second kappa shape index (κ2) is 8.82. The molecule has 0 saturated carbocycles. The van der Waals surface area contributed by atoms with E-state index in [0.717, 1.165) is 18.4 Å². The Kier molecular flexibility index (Phi) is 6.25. The molecule has 0 radical (unpaired) electrons. The van der Waals surface area contributed by atoms with Crippen molar-refractivity contribution in [3.63, 3.8) is 0 Å². The molecule has 2 aromatic rings. The topological polar surface area (TPSA) is 80.0 Å². The first-order valence-electron chi connectivity index (χ1n) is 8.86. The minimum Gasteiger partial charge on any atom is -0.493 e. The van der Waals surface area contributed by atoms with Gasteiger partial charge in [0.15, 0.2) is 6.29 Å². The molecule has 1 aliphatic heterocycles. The van der Waals surface area contributed by atoms with Crippen LogP contribution in [0.15, 0.2) is 28.8 Å². The molecule has 3 rings (SSSR count). The molecule has 26 heavy (non-hydrogen) atoms. The first kappa shape index (κ1) is 18.4. The van der Waals surface area contributed by atoms with Gasteiger partial charge in [0.1, 0.15) is 5.75 Å². The largest absolute Gasteiger partial charge is 0.493 e. The van der Waals surface area contributed by atoms with E-state index in [1.54, 1.807) is 6.92 Å². The van der Waals surface area contributed by atoms with Crippen LogP contribution in [0.25, 0.3) is 11.5 Å². The average molecular weight is 361 g/mol. The third-order valence-corrected chi connectivity index (χ3v) is 3.89. The Morgan fingerprint density at radius 1 is 1.27 bits per heavy atom. The summed E-state index contributed by atoms with van der Waals surface area (Å²) >= 11 is 0. The highest BCUT2D eigenvalue weighted by Gasteiger charge is 2.28. The van der Waals surface area contributed by atoms with Gasteiger partial charge in [-0.05, 0) is 25.5 Å². The maximum Gasteiger partial charge on any atom is 0.375 e. The zero-order valence-corrected chi connectivity index (χ0v) is 15.0. The summed E-state index contributed by atoms with van der Waals surface area (Å²) in [6.07, 6.45) is 2.79. The number of nitrogens with zero attached hydrogens (tertiary/aromatic N) is 1. The molecule has 2 heterocycles. The predicted molar refractivity (Wildman–Crippen MR) is 92.9 cm³/mol. The van der Waals surface area contributed by atoms with E-state index >= 15 is 0 Å². The van der Waals surface area contributed by atoms with Crippen molar-refractivity contribution in [3.8, 4) is 17.2 Å². The summed E-state index contributed by atoms with van der Waals surface area (Å²) in [6.45, 7) is 5.72. The van der Waals surface area contributed by atoms with E-state index in [1.165, 1.54) is 6.20 Å². The van der Waals surface area contributed by atoms with E-state index in [4.69, 9.17) is 23.4 Å². The minimum atomic E-state index is -0.555. The number of carbonyl (C=O) groups is 1. The third-order valence-electron chi connectivity index (χ3n) is 3.89. The molecular weight excluding hydrogens is 338 g/mol. The van der Waals surface area contributed by atoms with Gasteiger partial charge in [0.25, 0.3) is 0 Å². The van der Waals surface area contributed by atoms with Crippen LogP contribution < -0.4 is 4.74 Å². The van der Waals surface area contributed by atoms with E-state index in [9.17, 15) is 4.79 Å². The number of unbranched alkanes of at least 4 members (excludes halogenated alkanes) is 1. The quantitative estimate of drug-likeness (QED) is 0.523. The summed E-state index contributed by atoms with van der Waals surface area (Å²) < 4.78 is 27.8. The van der Waals surface area contributed by atoms with Crippen LogP contribution in [0.5, 0.6) is 5.75 Å². The maximum atomic E-state index is 11.8. The van der Waals surface area contributed by atoms with Gasteiger partial charge in [-0.25, -0.2) is 9.78 Å². The fourth-order valence-electron chi connectivity index (χ4n) is 2.65. The van der Waals surface area contributed by atoms with Crippen molar-refractivity contribution < 1.29 is 28.2 Å². The van der Waals surface area contributed by atoms with Gasteiger partial charge in [-0.15, -0.1) is 0 Å². The van der Waals surface area contributed by atoms with Crippen molar-refractivity contribution in [2.45, 2.75) is 33.0 Å². The van der Waals surface area contributed by atoms with E-state index in [1.807, 2.05) is 18.2 Å². The zero-order valence-electron chi connectivity index (χ0n) is 15.0. The lowest BCUT2D eigenvalue weighted by atomic mass is 10.1. The van der Waals surface area contributed by atoms with Crippen LogP contribution in [0.2, 0.25) is 0 Å². The van der Waals surface area contributed by atoms with Gasteiger partial charge in [-0.1, -0.05) is 19.4 Å². The number of hydrogen-bond acceptors (Lipinski definition) is 7. The molecule has 0 bridgehead atoms. The van der Waals surface area contributed by atoms with E-state index in [2.05, 4.69) is 11.9 Å². The fraction of sp³-hybridized carbons (Fsp3) is 0.474. The Bertz CT molecular complexity index is 735. The zero-order chi connectivity index (χ0) is 18.4. The van der Waals surface area contributed by atoms with Gasteiger partial charge in [0.2, 0.25) is 11.7 Å². The highest BCUT2D eigenvalue weighted by atomic mass is 16.7. The standard InChI is InChI=1S/C19H23NO6/c1-3-5-9-23-14-8-6-7-13(16(14)19-24-10-11-25-19)17-20-12-15(26-17)18(21)22-4-2/h6-8,12,19H,3-5,9-11H2,1-2H3. The number of benzene rings is 1. The molecule has 1 aromatic carbocycles. The van der Waals surface area contributed by atoms with Crippen LogP contribution in [-0.4, -0.2) is 37.4 Å². The van der Waals surface area contributed by atoms with Crippen molar-refractivity contribution in [2.75, 3.05) is 26.4 Å². The molecule has 1 aromatic heterocycles. The van der Waals surface area contributed by atoms with Gasteiger partial charge < -0.3 is 23.4 Å². The first-order valence-corrected chi connectivity index (χ1v) is 8.86. The highest BCUT2D eigenvalue weighted by molar-refractivity contribution is 5.86. The summed E-state index contributed by atoms with van der Waals surface area (Å²) in [5, 5.41) is 0. The lowest BCUT2D eigenvalue weighted by Crippen LogP contribution is -2.07. The maximum absolute atomic E-state index is 11.8. The van der Waals surface area contributed by atoms with Gasteiger partial charge >= 0.3 is 5.97 Å². The minimum absolute atomic E-state index is 0.0540. The molecule has 1 saturated heterocycles. The number of rotatable bonds is 8. The highest BCUT2D eigenvalue weighted by Crippen LogP contribution is 2.39. The van der Waals surface area contributed by atoms with Crippen LogP contribution in [0.4, 0.5) is 0 Å². The Labute approximate surface area is 152 Å². The van der Waals surface area contributed by atoms with Gasteiger partial charge in [-0.3, -0.25) is 0 Å². The monoisotopic (exact) mass is 361 g/mol. The molecule has 7 heteroatoms. The number of oxazole rings is 1. The number of carbonyl (C=O) groups excluding carboxylic acids is 1. The van der Waals surface area contributed by atoms with Crippen LogP contribution in [-0.2, 0) is 14.2 Å². The molecule has 1 aliphatic rings. The lowest BCUT2D eigenvalue weighted by Gasteiger charge is -2.18. The molecule has 0 unspecified atom stereocenters. The Morgan fingerprint density at radius 3 is 2.81 bits per heavy atom. The molecule has 0 atom stereocenters. The Morgan fingerprint density at radius 2 is 2.08 bits per heavy atom. The molecule has 140 valence electrons. The summed E-state index contributed by atoms with van der Waals surface area (Å²) in [5.74, 6) is 0.469. The van der Waals surface area contributed by atoms with Gasteiger partial charge in [-0.2, -0.15) is 0 Å². The Hall–Kier alpha value is -2.38. The van der Waals surface area contributed by atoms with Crippen molar-refractivity contribution in [1.29, 1.82) is 0 Å². The number of aromatic nitrogens is 1. The second-order valence-corrected chi connectivity index (χ2v) is 5.74. The summed E-state index contributed by atoms with van der Waals surface area (Å²) in [7, 11) is 0. The van der Waals surface area contributed by atoms with Crippen LogP contribution in [0.3, 0.4) is 0 Å². The van der Waals surface area contributed by atoms with Crippen molar-refractivity contribution >= 4 is 5.97 Å². The summed E-state index contributed by atoms with van der Waals surface area (Å²) in [5.41, 5.74) is 1.39. The molecule has 0 aliphatic carbocycles. The van der Waals surface area contributed by atoms with E-state index < -0.39 is 12.3 Å². The smallest absolute Gasteiger partial charge is 0.375 e. The molecular formula is C19H23NO6. The van der Waals surface area contributed by atoms with Crippen LogP contribution >= 0.6 is 0 Å². The number of esters is 1.